The summed E-state index contributed by atoms with van der Waals surface area (Å²) in [4.78, 5) is 29.9. The van der Waals surface area contributed by atoms with Crippen molar-refractivity contribution in [3.05, 3.63) is 59.4 Å². The summed E-state index contributed by atoms with van der Waals surface area (Å²) in [7, 11) is 2.78. The fourth-order valence-corrected chi connectivity index (χ4v) is 4.53. The molecule has 3 rings (SSSR count). The first-order valence-corrected chi connectivity index (χ1v) is 13.1. The van der Waals surface area contributed by atoms with Gasteiger partial charge in [-0.15, -0.1) is 0 Å². The molecule has 0 amide bonds. The first-order chi connectivity index (χ1) is 16.6. The highest BCUT2D eigenvalue weighted by Crippen LogP contribution is 2.42. The van der Waals surface area contributed by atoms with E-state index in [1.54, 1.807) is 25.3 Å². The highest BCUT2D eigenvalue weighted by atomic mass is 79.9. The van der Waals surface area contributed by atoms with Crippen LogP contribution in [0.3, 0.4) is 0 Å². The highest BCUT2D eigenvalue weighted by Gasteiger charge is 2.23. The van der Waals surface area contributed by atoms with Gasteiger partial charge in [0.1, 0.15) is 5.82 Å². The first kappa shape index (κ1) is 27.3. The number of methoxy groups -OCH3 is 2. The van der Waals surface area contributed by atoms with E-state index < -0.39 is 12.1 Å². The number of rotatable bonds is 8. The van der Waals surface area contributed by atoms with E-state index >= 15 is 0 Å². The molecule has 186 valence electrons. The second kappa shape index (κ2) is 11.7. The number of carbonyl (C=O) groups excluding carboxylic acids is 1. The molecule has 0 saturated heterocycles. The Kier molecular flexibility index (Phi) is 9.11. The monoisotopic (exact) mass is 671 g/mol. The zero-order valence-electron chi connectivity index (χ0n) is 19.8. The number of halogens is 3. The standard InChI is InChI=1S/C24H24Br3N3O5/c1-6-12(2)22-29-17-8-7-15(25)10-16(17)23(31)30(22)28-11-14-9-18(33-4)21(20(27)19(14)26)35-13(3)24(32)34-5/h7-13H,6H2,1-5H3/t12-,13+/m1/s1. The van der Waals surface area contributed by atoms with E-state index in [4.69, 9.17) is 19.2 Å². The Labute approximate surface area is 228 Å². The Hall–Kier alpha value is -2.24. The number of hydrogen-bond acceptors (Lipinski definition) is 7. The predicted octanol–water partition coefficient (Wildman–Crippen LogP) is 6.03. The minimum absolute atomic E-state index is 0.00759. The normalized spacial score (nSPS) is 13.1. The molecule has 8 nitrogen and oxygen atoms in total. The molecular weight excluding hydrogens is 650 g/mol. The molecule has 1 aromatic heterocycles. The number of esters is 1. The van der Waals surface area contributed by atoms with Gasteiger partial charge in [0.15, 0.2) is 17.6 Å². The number of ether oxygens (including phenoxy) is 3. The molecule has 0 unspecified atom stereocenters. The van der Waals surface area contributed by atoms with Crippen molar-refractivity contribution < 1.29 is 19.0 Å². The van der Waals surface area contributed by atoms with Gasteiger partial charge in [-0.25, -0.2) is 9.78 Å². The summed E-state index contributed by atoms with van der Waals surface area (Å²) in [6.07, 6.45) is 1.48. The van der Waals surface area contributed by atoms with Crippen LogP contribution in [0.15, 0.2) is 47.6 Å². The van der Waals surface area contributed by atoms with Crippen LogP contribution in [0.4, 0.5) is 0 Å². The van der Waals surface area contributed by atoms with Gasteiger partial charge < -0.3 is 14.2 Å². The molecule has 0 aliphatic heterocycles. The SMILES string of the molecule is CC[C@@H](C)c1nc2ccc(Br)cc2c(=O)n1N=Cc1cc(OC)c(O[C@@H](C)C(=O)OC)c(Br)c1Br. The lowest BCUT2D eigenvalue weighted by Crippen LogP contribution is -2.25. The summed E-state index contributed by atoms with van der Waals surface area (Å²) in [6.45, 7) is 5.61. The number of fused-ring (bicyclic) bond motifs is 1. The van der Waals surface area contributed by atoms with Gasteiger partial charge in [0.2, 0.25) is 0 Å². The summed E-state index contributed by atoms with van der Waals surface area (Å²) in [6, 6.07) is 7.10. The van der Waals surface area contributed by atoms with Crippen molar-refractivity contribution in [2.24, 2.45) is 5.10 Å². The smallest absolute Gasteiger partial charge is 0.346 e. The quantitative estimate of drug-likeness (QED) is 0.214. The first-order valence-electron chi connectivity index (χ1n) is 10.7. The van der Waals surface area contributed by atoms with Crippen molar-refractivity contribution in [2.75, 3.05) is 14.2 Å². The van der Waals surface area contributed by atoms with Crippen molar-refractivity contribution in [1.82, 2.24) is 9.66 Å². The van der Waals surface area contributed by atoms with Crippen LogP contribution in [0.1, 0.15) is 44.5 Å². The van der Waals surface area contributed by atoms with Crippen LogP contribution in [-0.2, 0) is 9.53 Å². The van der Waals surface area contributed by atoms with E-state index in [1.165, 1.54) is 18.9 Å². The van der Waals surface area contributed by atoms with Crippen LogP contribution in [0, 0.1) is 0 Å². The van der Waals surface area contributed by atoms with Gasteiger partial charge in [-0.1, -0.05) is 29.8 Å². The zero-order chi connectivity index (χ0) is 25.9. The van der Waals surface area contributed by atoms with E-state index in [0.29, 0.717) is 42.7 Å². The molecule has 1 heterocycles. The second-order valence-electron chi connectivity index (χ2n) is 7.71. The number of hydrogen-bond donors (Lipinski definition) is 0. The minimum atomic E-state index is -0.851. The molecule has 0 bridgehead atoms. The van der Waals surface area contributed by atoms with Gasteiger partial charge in [0, 0.05) is 20.4 Å². The topological polar surface area (TPSA) is 92.0 Å². The van der Waals surface area contributed by atoms with Crippen LogP contribution in [-0.4, -0.2) is 42.2 Å². The van der Waals surface area contributed by atoms with Crippen LogP contribution in [0.5, 0.6) is 11.5 Å². The lowest BCUT2D eigenvalue weighted by Gasteiger charge is -2.18. The molecule has 0 spiro atoms. The Morgan fingerprint density at radius 2 is 1.89 bits per heavy atom. The summed E-state index contributed by atoms with van der Waals surface area (Å²) in [5.74, 6) is 0.746. The number of benzene rings is 2. The Morgan fingerprint density at radius 1 is 1.17 bits per heavy atom. The summed E-state index contributed by atoms with van der Waals surface area (Å²) in [5.41, 5.74) is 0.965. The average Bonchev–Trinajstić information content (AvgIpc) is 2.86. The van der Waals surface area contributed by atoms with E-state index in [-0.39, 0.29) is 11.5 Å². The number of carbonyl (C=O) groups is 1. The van der Waals surface area contributed by atoms with Crippen molar-refractivity contribution in [2.45, 2.75) is 39.2 Å². The largest absolute Gasteiger partial charge is 0.493 e. The molecule has 2 aromatic carbocycles. The molecule has 3 aromatic rings. The van der Waals surface area contributed by atoms with Gasteiger partial charge in [-0.05, 0) is 69.5 Å². The van der Waals surface area contributed by atoms with E-state index in [0.717, 1.165) is 10.9 Å². The molecule has 0 N–H and O–H groups in total. The molecule has 0 saturated carbocycles. The molecule has 0 radical (unpaired) electrons. The lowest BCUT2D eigenvalue weighted by atomic mass is 10.1. The van der Waals surface area contributed by atoms with Gasteiger partial charge in [0.05, 0.1) is 35.8 Å². The maximum absolute atomic E-state index is 13.4. The van der Waals surface area contributed by atoms with Crippen LogP contribution < -0.4 is 15.0 Å². The molecule has 0 aliphatic rings. The Bertz CT molecular complexity index is 1360. The van der Waals surface area contributed by atoms with Gasteiger partial charge >= 0.3 is 5.97 Å². The van der Waals surface area contributed by atoms with E-state index in [9.17, 15) is 9.59 Å². The average molecular weight is 674 g/mol. The minimum Gasteiger partial charge on any atom is -0.493 e. The molecule has 0 fully saturated rings. The van der Waals surface area contributed by atoms with Crippen molar-refractivity contribution in [3.8, 4) is 11.5 Å². The van der Waals surface area contributed by atoms with Crippen molar-refractivity contribution in [3.63, 3.8) is 0 Å². The number of nitrogens with zero attached hydrogens (tertiary/aromatic N) is 3. The third-order valence-electron chi connectivity index (χ3n) is 5.40. The van der Waals surface area contributed by atoms with Gasteiger partial charge in [-0.2, -0.15) is 9.78 Å². The highest BCUT2D eigenvalue weighted by molar-refractivity contribution is 9.13. The Balaban J connectivity index is 2.13. The van der Waals surface area contributed by atoms with E-state index in [1.807, 2.05) is 26.0 Å². The third-order valence-corrected chi connectivity index (χ3v) is 8.04. The van der Waals surface area contributed by atoms with Crippen molar-refractivity contribution >= 4 is 70.9 Å². The predicted molar refractivity (Wildman–Crippen MR) is 146 cm³/mol. The fraction of sp³-hybridized carbons (Fsp3) is 0.333. The molecule has 35 heavy (non-hydrogen) atoms. The van der Waals surface area contributed by atoms with E-state index in [2.05, 4.69) is 52.9 Å². The van der Waals surface area contributed by atoms with Gasteiger partial charge in [0.25, 0.3) is 5.56 Å². The second-order valence-corrected chi connectivity index (χ2v) is 10.2. The molecular formula is C24H24Br3N3O5. The maximum atomic E-state index is 13.4. The van der Waals surface area contributed by atoms with Crippen LogP contribution in [0.25, 0.3) is 10.9 Å². The Morgan fingerprint density at radius 3 is 2.51 bits per heavy atom. The van der Waals surface area contributed by atoms with Crippen LogP contribution >= 0.6 is 47.8 Å². The third kappa shape index (κ3) is 5.78. The van der Waals surface area contributed by atoms with Crippen LogP contribution in [0.2, 0.25) is 0 Å². The van der Waals surface area contributed by atoms with Crippen molar-refractivity contribution in [1.29, 1.82) is 0 Å². The summed E-state index contributed by atoms with van der Waals surface area (Å²) in [5, 5.41) is 4.97. The number of aromatic nitrogens is 2. The van der Waals surface area contributed by atoms with Gasteiger partial charge in [-0.3, -0.25) is 4.79 Å². The lowest BCUT2D eigenvalue weighted by molar-refractivity contribution is -0.147. The summed E-state index contributed by atoms with van der Waals surface area (Å²) < 4.78 is 19.2. The maximum Gasteiger partial charge on any atom is 0.346 e. The molecule has 11 heteroatoms. The summed E-state index contributed by atoms with van der Waals surface area (Å²) >= 11 is 10.5. The zero-order valence-corrected chi connectivity index (χ0v) is 24.5. The molecule has 0 aliphatic carbocycles. The molecule has 2 atom stereocenters. The fourth-order valence-electron chi connectivity index (χ4n) is 3.25.